The average molecular weight is 1320 g/mol. The summed E-state index contributed by atoms with van der Waals surface area (Å²) in [5.74, 6) is -8.17. The van der Waals surface area contributed by atoms with Crippen molar-refractivity contribution in [3.05, 3.63) is 94.1 Å². The largest absolute Gasteiger partial charge is 0.510 e. The molecule has 0 amide bonds. The number of ether oxygens (including phenoxy) is 16. The normalized spacial score (nSPS) is 38.9. The van der Waals surface area contributed by atoms with Gasteiger partial charge < -0.3 is 80.9 Å². The van der Waals surface area contributed by atoms with Crippen molar-refractivity contribution in [3.8, 4) is 0 Å². The maximum absolute atomic E-state index is 15.3. The highest BCUT2D eigenvalue weighted by Crippen LogP contribution is 2.69. The molecule has 4 aliphatic heterocycles. The molecular formula is C66H74O28. The fourth-order valence-electron chi connectivity index (χ4n) is 17.7. The van der Waals surface area contributed by atoms with Gasteiger partial charge in [-0.2, -0.15) is 0 Å². The Morgan fingerprint density at radius 3 is 1.35 bits per heavy atom. The van der Waals surface area contributed by atoms with E-state index in [1.54, 1.807) is 71.0 Å². The van der Waals surface area contributed by atoms with E-state index in [-0.39, 0.29) is 59.5 Å². The number of carbonyl (C=O) groups is 11. The standard InChI is InChI=1S/C33H38O14.C33H36O14/c2*1-15-20-22(43-28(38)41-7)24(36)31(5)18(40-6)13-19-32(14-42-19,46-16(2)34)23(31)26(44-27(37)17-11-9-8-10-12-17)33(30(20,3)4)25(21(15)35)45-29(39)47-33/h8-12,18-19,21-23,25-26,35H,13-14H2,1-7H3;8-12,18-19,22-23,25-26H,13-14H2,1-7H3/t18-,19+,21+,22+,23-,25-,26-,31+,32-,33+;18-,19+,22+,23-,25-,26-,31+,32-,33+/m00/s1. The monoisotopic (exact) mass is 1310 g/mol. The number of rotatable bonds is 10. The molecule has 4 bridgehead atoms. The van der Waals surface area contributed by atoms with E-state index in [9.17, 15) is 48.3 Å². The summed E-state index contributed by atoms with van der Waals surface area (Å²) in [5, 5.41) is 11.8. The smallest absolute Gasteiger partial charge is 0.454 e. The van der Waals surface area contributed by atoms with Gasteiger partial charge in [-0.25, -0.2) is 28.8 Å². The first kappa shape index (κ1) is 67.1. The number of ketones is 3. The molecule has 506 valence electrons. The van der Waals surface area contributed by atoms with Crippen LogP contribution in [-0.2, 0) is 99.8 Å². The maximum atomic E-state index is 15.3. The number of fused-ring (bicyclic) bond motifs is 8. The minimum absolute atomic E-state index is 0.00347. The molecule has 0 unspecified atom stereocenters. The van der Waals surface area contributed by atoms with Crippen LogP contribution in [0.5, 0.6) is 0 Å². The molecule has 4 saturated carbocycles. The summed E-state index contributed by atoms with van der Waals surface area (Å²) in [6, 6.07) is 16.0. The molecule has 4 saturated heterocycles. The lowest BCUT2D eigenvalue weighted by Gasteiger charge is -2.67. The summed E-state index contributed by atoms with van der Waals surface area (Å²) in [6.07, 6.45) is -20.1. The van der Waals surface area contributed by atoms with Gasteiger partial charge in [0.05, 0.1) is 73.4 Å². The van der Waals surface area contributed by atoms with Gasteiger partial charge in [0.2, 0.25) is 23.1 Å². The first-order chi connectivity index (χ1) is 44.2. The van der Waals surface area contributed by atoms with Crippen molar-refractivity contribution >= 4 is 65.8 Å². The van der Waals surface area contributed by atoms with Crippen LogP contribution in [0.25, 0.3) is 0 Å². The summed E-state index contributed by atoms with van der Waals surface area (Å²) in [4.78, 5) is 151. The number of aliphatic hydroxyl groups excluding tert-OH is 1. The number of Topliss-reactive ketones (excluding diaryl/α,β-unsaturated/α-hetero) is 3. The molecule has 0 aromatic heterocycles. The van der Waals surface area contributed by atoms with Gasteiger partial charge >= 0.3 is 48.5 Å². The minimum Gasteiger partial charge on any atom is -0.454 e. The molecule has 6 aliphatic carbocycles. The number of hydrogen-bond acceptors (Lipinski definition) is 28. The summed E-state index contributed by atoms with van der Waals surface area (Å²) < 4.78 is 93.1. The summed E-state index contributed by atoms with van der Waals surface area (Å²) >= 11 is 0. The molecule has 2 aromatic carbocycles. The zero-order valence-electron chi connectivity index (χ0n) is 54.1. The van der Waals surface area contributed by atoms with Crippen molar-refractivity contribution in [1.82, 2.24) is 0 Å². The van der Waals surface area contributed by atoms with Crippen LogP contribution >= 0.6 is 0 Å². The van der Waals surface area contributed by atoms with Crippen LogP contribution < -0.4 is 0 Å². The zero-order chi connectivity index (χ0) is 68.5. The van der Waals surface area contributed by atoms with E-state index < -0.39 is 189 Å². The Hall–Kier alpha value is -8.31. The Balaban J connectivity index is 0.000000192. The third-order valence-corrected chi connectivity index (χ3v) is 21.9. The van der Waals surface area contributed by atoms with Crippen molar-refractivity contribution in [2.24, 2.45) is 33.5 Å². The molecule has 4 heterocycles. The SMILES string of the molecule is COC(=O)O[C@H]1C(=O)[C@]2(C)[C@@H](OC)C[C@H]3OC[C@@]3(OC(C)=O)[C@H]2[C@H](OC(=O)c2ccccc2)[C@]23OC(=O)O[C@H]2C(=O)C(C)=C1C3(C)C.COC(=O)O[C@H]1C(=O)[C@]2(C)[C@@H](OC)C[C@H]3OC[C@@]3(OC(C)=O)[C@H]2[C@H](OC(=O)c2ccccc2)[C@]23OC(=O)O[C@H]2[C@H](O)C(C)=C1C3(C)C. The number of benzene rings is 2. The number of esters is 4. The molecule has 2 aromatic rings. The van der Waals surface area contributed by atoms with Crippen LogP contribution in [0, 0.1) is 33.5 Å². The first-order valence-corrected chi connectivity index (χ1v) is 30.4. The van der Waals surface area contributed by atoms with Crippen molar-refractivity contribution in [2.45, 2.75) is 172 Å². The quantitative estimate of drug-likeness (QED) is 0.173. The second kappa shape index (κ2) is 23.3. The van der Waals surface area contributed by atoms with Crippen LogP contribution in [0.3, 0.4) is 0 Å². The molecule has 12 rings (SSSR count). The molecular weight excluding hydrogens is 1240 g/mol. The van der Waals surface area contributed by atoms with Gasteiger partial charge in [0.1, 0.15) is 18.3 Å². The average Bonchev–Trinajstić information content (AvgIpc) is 1.07. The molecule has 94 heavy (non-hydrogen) atoms. The van der Waals surface area contributed by atoms with E-state index in [1.807, 2.05) is 0 Å². The van der Waals surface area contributed by atoms with E-state index >= 15 is 9.59 Å². The van der Waals surface area contributed by atoms with Gasteiger partial charge in [-0.15, -0.1) is 0 Å². The second-order valence-electron chi connectivity index (χ2n) is 26.7. The minimum atomic E-state index is -2.19. The molecule has 2 spiro atoms. The predicted molar refractivity (Wildman–Crippen MR) is 311 cm³/mol. The Kier molecular flexibility index (Phi) is 16.6. The topological polar surface area (TPSA) is 356 Å². The molecule has 19 atom stereocenters. The van der Waals surface area contributed by atoms with Crippen molar-refractivity contribution in [3.63, 3.8) is 0 Å². The van der Waals surface area contributed by atoms with Gasteiger partial charge in [-0.05, 0) is 68.7 Å². The van der Waals surface area contributed by atoms with Gasteiger partial charge in [0.25, 0.3) is 0 Å². The Bertz CT molecular complexity index is 3610. The van der Waals surface area contributed by atoms with E-state index in [4.69, 9.17) is 75.8 Å². The third-order valence-electron chi connectivity index (χ3n) is 21.9. The van der Waals surface area contributed by atoms with Gasteiger partial charge in [-0.1, -0.05) is 64.1 Å². The van der Waals surface area contributed by atoms with E-state index in [0.29, 0.717) is 0 Å². The van der Waals surface area contributed by atoms with E-state index in [0.717, 1.165) is 14.2 Å². The molecule has 8 fully saturated rings. The Labute approximate surface area is 538 Å². The molecule has 1 N–H and O–H groups in total. The molecule has 0 radical (unpaired) electrons. The predicted octanol–water partition coefficient (Wildman–Crippen LogP) is 5.57. The van der Waals surface area contributed by atoms with Gasteiger partial charge in [0.15, 0.2) is 53.3 Å². The highest BCUT2D eigenvalue weighted by molar-refractivity contribution is 6.07. The summed E-state index contributed by atoms with van der Waals surface area (Å²) in [7, 11) is 4.90. The van der Waals surface area contributed by atoms with Crippen molar-refractivity contribution in [2.75, 3.05) is 41.7 Å². The highest BCUT2D eigenvalue weighted by atomic mass is 16.8. The van der Waals surface area contributed by atoms with Crippen LogP contribution in [0.15, 0.2) is 83.0 Å². The van der Waals surface area contributed by atoms with E-state index in [1.165, 1.54) is 73.1 Å². The van der Waals surface area contributed by atoms with E-state index in [2.05, 4.69) is 0 Å². The molecule has 28 heteroatoms. The fourth-order valence-corrected chi connectivity index (χ4v) is 17.7. The lowest BCUT2D eigenvalue weighted by atomic mass is 9.44. The van der Waals surface area contributed by atoms with Gasteiger partial charge in [-0.3, -0.25) is 24.0 Å². The third kappa shape index (κ3) is 9.18. The van der Waals surface area contributed by atoms with Crippen LogP contribution in [0.1, 0.15) is 103 Å². The van der Waals surface area contributed by atoms with Crippen LogP contribution in [-0.4, -0.2) is 202 Å². The number of hydrogen-bond donors (Lipinski definition) is 1. The molecule has 28 nitrogen and oxygen atoms in total. The van der Waals surface area contributed by atoms with Crippen molar-refractivity contribution < 1.29 is 134 Å². The second-order valence-corrected chi connectivity index (χ2v) is 26.7. The molecule has 10 aliphatic rings. The summed E-state index contributed by atoms with van der Waals surface area (Å²) in [6.45, 7) is 14.3. The number of aliphatic hydroxyl groups is 1. The highest BCUT2D eigenvalue weighted by Gasteiger charge is 2.85. The maximum Gasteiger partial charge on any atom is 0.510 e. The number of carbonyl (C=O) groups excluding carboxylic acids is 11. The van der Waals surface area contributed by atoms with Crippen LogP contribution in [0.4, 0.5) is 19.2 Å². The van der Waals surface area contributed by atoms with Crippen molar-refractivity contribution in [1.29, 1.82) is 0 Å². The lowest BCUT2D eigenvalue weighted by Crippen LogP contribution is -2.83. The van der Waals surface area contributed by atoms with Gasteiger partial charge in [0, 0.05) is 57.3 Å². The fraction of sp³-hybridized carbons (Fsp3) is 0.591. The lowest BCUT2D eigenvalue weighted by molar-refractivity contribution is -0.347. The zero-order valence-corrected chi connectivity index (χ0v) is 54.1. The first-order valence-electron chi connectivity index (χ1n) is 30.4. The Morgan fingerprint density at radius 1 is 0.543 bits per heavy atom. The summed E-state index contributed by atoms with van der Waals surface area (Å²) in [5.41, 5.74) is -13.8. The van der Waals surface area contributed by atoms with Crippen LogP contribution in [0.2, 0.25) is 0 Å². The number of methoxy groups -OCH3 is 4. The Morgan fingerprint density at radius 2 is 0.947 bits per heavy atom.